The number of nitrogens with zero attached hydrogens (tertiary/aromatic N) is 2. The summed E-state index contributed by atoms with van der Waals surface area (Å²) in [6, 6.07) is 5.93. The van der Waals surface area contributed by atoms with Crippen molar-refractivity contribution < 1.29 is 0 Å². The normalized spacial score (nSPS) is 10.0. The van der Waals surface area contributed by atoms with Crippen LogP contribution in [0.1, 0.15) is 5.56 Å². The van der Waals surface area contributed by atoms with E-state index in [0.29, 0.717) is 0 Å². The molecule has 2 rings (SSSR count). The van der Waals surface area contributed by atoms with Gasteiger partial charge in [0.2, 0.25) is 0 Å². The van der Waals surface area contributed by atoms with E-state index < -0.39 is 0 Å². The molecule has 4 heteroatoms. The number of nitrogens with one attached hydrogen (secondary N) is 1. The van der Waals surface area contributed by atoms with E-state index in [1.54, 1.807) is 17.5 Å². The van der Waals surface area contributed by atoms with Gasteiger partial charge in [0.1, 0.15) is 5.82 Å². The molecule has 0 aliphatic carbocycles. The van der Waals surface area contributed by atoms with Gasteiger partial charge in [0.25, 0.3) is 0 Å². The first-order valence-electron chi connectivity index (χ1n) is 4.48. The van der Waals surface area contributed by atoms with Crippen LogP contribution in [0.5, 0.6) is 0 Å². The molecule has 2 heterocycles. The maximum atomic E-state index is 3.94. The number of anilines is 1. The molecule has 1 N–H and O–H groups in total. The van der Waals surface area contributed by atoms with Gasteiger partial charge in [0.05, 0.1) is 0 Å². The van der Waals surface area contributed by atoms with E-state index >= 15 is 0 Å². The first-order valence-corrected chi connectivity index (χ1v) is 5.42. The van der Waals surface area contributed by atoms with Crippen molar-refractivity contribution in [3.05, 3.63) is 40.7 Å². The Bertz CT molecular complexity index is 358. The van der Waals surface area contributed by atoms with Crippen LogP contribution in [-0.2, 0) is 6.42 Å². The number of rotatable bonds is 4. The summed E-state index contributed by atoms with van der Waals surface area (Å²) in [6.45, 7) is 0.898. The van der Waals surface area contributed by atoms with E-state index in [0.717, 1.165) is 18.8 Å². The van der Waals surface area contributed by atoms with Crippen LogP contribution in [0.15, 0.2) is 35.2 Å². The van der Waals surface area contributed by atoms with Crippen molar-refractivity contribution in [2.75, 3.05) is 11.9 Å². The molecular formula is C10H11N3S. The van der Waals surface area contributed by atoms with Gasteiger partial charge in [-0.1, -0.05) is 0 Å². The molecule has 0 spiro atoms. The largest absolute Gasteiger partial charge is 0.368 e. The molecule has 2 aromatic heterocycles. The molecule has 0 saturated carbocycles. The minimum atomic E-state index is 0.836. The lowest BCUT2D eigenvalue weighted by atomic mass is 10.2. The van der Waals surface area contributed by atoms with E-state index in [1.165, 1.54) is 5.56 Å². The zero-order valence-electron chi connectivity index (χ0n) is 7.68. The highest BCUT2D eigenvalue weighted by Gasteiger charge is 1.94. The molecule has 0 aromatic carbocycles. The quantitative estimate of drug-likeness (QED) is 0.831. The lowest BCUT2D eigenvalue weighted by Crippen LogP contribution is -2.05. The van der Waals surface area contributed by atoms with Crippen LogP contribution in [-0.4, -0.2) is 16.7 Å². The van der Waals surface area contributed by atoms with Crippen molar-refractivity contribution in [1.29, 1.82) is 0 Å². The zero-order valence-corrected chi connectivity index (χ0v) is 8.50. The van der Waals surface area contributed by atoms with Gasteiger partial charge in [-0.3, -0.25) is 0 Å². The van der Waals surface area contributed by atoms with E-state index in [9.17, 15) is 0 Å². The Balaban J connectivity index is 1.79. The van der Waals surface area contributed by atoms with Crippen molar-refractivity contribution in [3.8, 4) is 0 Å². The van der Waals surface area contributed by atoms with Crippen molar-refractivity contribution in [1.82, 2.24) is 10.2 Å². The smallest absolute Gasteiger partial charge is 0.148 e. The lowest BCUT2D eigenvalue weighted by molar-refractivity contribution is 0.970. The van der Waals surface area contributed by atoms with Gasteiger partial charge in [-0.05, 0) is 40.9 Å². The SMILES string of the molecule is c1cnnc(NCCc2ccsc2)c1. The van der Waals surface area contributed by atoms with Crippen LogP contribution in [0, 0.1) is 0 Å². The summed E-state index contributed by atoms with van der Waals surface area (Å²) in [5, 5.41) is 15.2. The minimum absolute atomic E-state index is 0.836. The van der Waals surface area contributed by atoms with Crippen molar-refractivity contribution in [2.24, 2.45) is 0 Å². The second-order valence-electron chi connectivity index (χ2n) is 2.92. The molecule has 0 aliphatic heterocycles. The average molecular weight is 205 g/mol. The average Bonchev–Trinajstić information content (AvgIpc) is 2.72. The van der Waals surface area contributed by atoms with Gasteiger partial charge in [0.15, 0.2) is 0 Å². The van der Waals surface area contributed by atoms with Gasteiger partial charge in [-0.25, -0.2) is 0 Å². The molecule has 72 valence electrons. The third kappa shape index (κ3) is 2.53. The number of hydrogen-bond acceptors (Lipinski definition) is 4. The van der Waals surface area contributed by atoms with Crippen LogP contribution in [0.2, 0.25) is 0 Å². The minimum Gasteiger partial charge on any atom is -0.368 e. The van der Waals surface area contributed by atoms with Crippen molar-refractivity contribution in [2.45, 2.75) is 6.42 Å². The van der Waals surface area contributed by atoms with Crippen LogP contribution in [0.4, 0.5) is 5.82 Å². The summed E-state index contributed by atoms with van der Waals surface area (Å²) >= 11 is 1.73. The molecule has 3 nitrogen and oxygen atoms in total. The number of thiophene rings is 1. The first-order chi connectivity index (χ1) is 6.95. The molecule has 0 fully saturated rings. The lowest BCUT2D eigenvalue weighted by Gasteiger charge is -2.02. The van der Waals surface area contributed by atoms with Crippen LogP contribution in [0.3, 0.4) is 0 Å². The predicted molar refractivity (Wildman–Crippen MR) is 58.5 cm³/mol. The monoisotopic (exact) mass is 205 g/mol. The number of hydrogen-bond donors (Lipinski definition) is 1. The molecule has 0 unspecified atom stereocenters. The molecule has 0 radical (unpaired) electrons. The van der Waals surface area contributed by atoms with E-state index in [-0.39, 0.29) is 0 Å². The van der Waals surface area contributed by atoms with E-state index in [4.69, 9.17) is 0 Å². The maximum Gasteiger partial charge on any atom is 0.148 e. The fraction of sp³-hybridized carbons (Fsp3) is 0.200. The van der Waals surface area contributed by atoms with Gasteiger partial charge in [-0.2, -0.15) is 16.4 Å². The van der Waals surface area contributed by atoms with E-state index in [2.05, 4.69) is 32.3 Å². The van der Waals surface area contributed by atoms with Gasteiger partial charge < -0.3 is 5.32 Å². The Hall–Kier alpha value is -1.42. The molecule has 0 saturated heterocycles. The summed E-state index contributed by atoms with van der Waals surface area (Å²) in [5.74, 6) is 0.836. The van der Waals surface area contributed by atoms with Crippen molar-refractivity contribution >= 4 is 17.2 Å². The van der Waals surface area contributed by atoms with Gasteiger partial charge in [-0.15, -0.1) is 5.10 Å². The summed E-state index contributed by atoms with van der Waals surface area (Å²) < 4.78 is 0. The molecule has 0 atom stereocenters. The Labute approximate surface area is 86.8 Å². The Morgan fingerprint density at radius 3 is 3.07 bits per heavy atom. The predicted octanol–water partition coefficient (Wildman–Crippen LogP) is 2.19. The molecule has 2 aromatic rings. The fourth-order valence-corrected chi connectivity index (χ4v) is 1.87. The summed E-state index contributed by atoms with van der Waals surface area (Å²) in [4.78, 5) is 0. The van der Waals surface area contributed by atoms with Gasteiger partial charge >= 0.3 is 0 Å². The van der Waals surface area contributed by atoms with Crippen molar-refractivity contribution in [3.63, 3.8) is 0 Å². The Morgan fingerprint density at radius 2 is 2.36 bits per heavy atom. The first kappa shape index (κ1) is 9.15. The third-order valence-corrected chi connectivity index (χ3v) is 2.60. The molecule has 0 bridgehead atoms. The standard InChI is InChI=1S/C10H11N3S/c1-2-10(13-12-5-1)11-6-3-9-4-7-14-8-9/h1-2,4-5,7-8H,3,6H2,(H,11,13). The molecule has 0 amide bonds. The highest BCUT2D eigenvalue weighted by molar-refractivity contribution is 7.07. The second-order valence-corrected chi connectivity index (χ2v) is 3.70. The van der Waals surface area contributed by atoms with Crippen LogP contribution >= 0.6 is 11.3 Å². The highest BCUT2D eigenvalue weighted by atomic mass is 32.1. The Morgan fingerprint density at radius 1 is 1.36 bits per heavy atom. The van der Waals surface area contributed by atoms with Crippen LogP contribution in [0.25, 0.3) is 0 Å². The fourth-order valence-electron chi connectivity index (χ4n) is 1.17. The van der Waals surface area contributed by atoms with Crippen LogP contribution < -0.4 is 5.32 Å². The third-order valence-electron chi connectivity index (χ3n) is 1.87. The molecule has 0 aliphatic rings. The zero-order chi connectivity index (χ0) is 9.64. The summed E-state index contributed by atoms with van der Waals surface area (Å²) in [7, 11) is 0. The molecular weight excluding hydrogens is 194 g/mol. The molecule has 14 heavy (non-hydrogen) atoms. The summed E-state index contributed by atoms with van der Waals surface area (Å²) in [6.07, 6.45) is 2.70. The van der Waals surface area contributed by atoms with E-state index in [1.807, 2.05) is 12.1 Å². The topological polar surface area (TPSA) is 37.8 Å². The maximum absolute atomic E-state index is 3.94. The Kier molecular flexibility index (Phi) is 3.08. The second kappa shape index (κ2) is 4.72. The summed E-state index contributed by atoms with van der Waals surface area (Å²) in [5.41, 5.74) is 1.37. The van der Waals surface area contributed by atoms with Gasteiger partial charge in [0, 0.05) is 12.7 Å². The number of aromatic nitrogens is 2. The highest BCUT2D eigenvalue weighted by Crippen LogP contribution is 2.06.